The van der Waals surface area contributed by atoms with Crippen molar-refractivity contribution in [2.75, 3.05) is 32.7 Å². The molecule has 94 valence electrons. The van der Waals surface area contributed by atoms with Crippen LogP contribution in [0.2, 0.25) is 0 Å². The molecule has 0 aliphatic carbocycles. The van der Waals surface area contributed by atoms with Crippen LogP contribution in [-0.2, 0) is 4.74 Å². The van der Waals surface area contributed by atoms with Crippen LogP contribution in [0.5, 0.6) is 0 Å². The van der Waals surface area contributed by atoms with Crippen LogP contribution in [0, 0.1) is 0 Å². The van der Waals surface area contributed by atoms with Crippen molar-refractivity contribution in [1.29, 1.82) is 0 Å². The standard InChI is InChI=1S/C11H18N4O2/c1-15(6-3-7-17-2)11(16)9-4-5-13-10(8-9)14-12/h4-5,8H,3,6-7,12H2,1-2H3,(H,13,14). The van der Waals surface area contributed by atoms with Gasteiger partial charge in [-0.25, -0.2) is 10.8 Å². The first-order valence-corrected chi connectivity index (χ1v) is 5.36. The first kappa shape index (κ1) is 13.4. The van der Waals surface area contributed by atoms with Crippen LogP contribution < -0.4 is 11.3 Å². The molecule has 0 atom stereocenters. The fraction of sp³-hybridized carbons (Fsp3) is 0.455. The molecule has 17 heavy (non-hydrogen) atoms. The Bertz CT molecular complexity index is 370. The van der Waals surface area contributed by atoms with Crippen LogP contribution in [0.4, 0.5) is 5.82 Å². The van der Waals surface area contributed by atoms with Crippen LogP contribution in [0.25, 0.3) is 0 Å². The highest BCUT2D eigenvalue weighted by atomic mass is 16.5. The predicted octanol–water partition coefficient (Wildman–Crippen LogP) is 0.476. The fourth-order valence-electron chi connectivity index (χ4n) is 1.41. The van der Waals surface area contributed by atoms with Crippen molar-refractivity contribution in [2.24, 2.45) is 5.84 Å². The molecule has 0 fully saturated rings. The summed E-state index contributed by atoms with van der Waals surface area (Å²) >= 11 is 0. The van der Waals surface area contributed by atoms with Gasteiger partial charge in [0.25, 0.3) is 5.91 Å². The van der Waals surface area contributed by atoms with Crippen LogP contribution in [0.3, 0.4) is 0 Å². The van der Waals surface area contributed by atoms with Gasteiger partial charge in [-0.1, -0.05) is 0 Å². The lowest BCUT2D eigenvalue weighted by molar-refractivity contribution is 0.0779. The van der Waals surface area contributed by atoms with E-state index in [4.69, 9.17) is 10.6 Å². The first-order chi connectivity index (χ1) is 8.19. The van der Waals surface area contributed by atoms with Gasteiger partial charge in [-0.05, 0) is 18.6 Å². The highest BCUT2D eigenvalue weighted by Crippen LogP contribution is 2.08. The molecule has 0 saturated heterocycles. The summed E-state index contributed by atoms with van der Waals surface area (Å²) in [5.41, 5.74) is 2.97. The number of nitrogens with one attached hydrogen (secondary N) is 1. The molecular weight excluding hydrogens is 220 g/mol. The van der Waals surface area contributed by atoms with Crippen LogP contribution in [-0.4, -0.2) is 43.1 Å². The van der Waals surface area contributed by atoms with Gasteiger partial charge in [-0.15, -0.1) is 0 Å². The van der Waals surface area contributed by atoms with Crippen molar-refractivity contribution in [3.8, 4) is 0 Å². The monoisotopic (exact) mass is 238 g/mol. The Morgan fingerprint density at radius 1 is 1.65 bits per heavy atom. The van der Waals surface area contributed by atoms with E-state index in [9.17, 15) is 4.79 Å². The van der Waals surface area contributed by atoms with Crippen LogP contribution >= 0.6 is 0 Å². The molecule has 6 nitrogen and oxygen atoms in total. The van der Waals surface area contributed by atoms with Crippen molar-refractivity contribution in [1.82, 2.24) is 9.88 Å². The number of aromatic nitrogens is 1. The number of amides is 1. The average molecular weight is 238 g/mol. The Hall–Kier alpha value is -1.66. The fourth-order valence-corrected chi connectivity index (χ4v) is 1.41. The second-order valence-corrected chi connectivity index (χ2v) is 3.65. The maximum Gasteiger partial charge on any atom is 0.253 e. The molecule has 3 N–H and O–H groups in total. The maximum absolute atomic E-state index is 12.0. The number of carbonyl (C=O) groups excluding carboxylic acids is 1. The Morgan fingerprint density at radius 3 is 3.06 bits per heavy atom. The maximum atomic E-state index is 12.0. The second-order valence-electron chi connectivity index (χ2n) is 3.65. The van der Waals surface area contributed by atoms with E-state index in [1.165, 1.54) is 0 Å². The molecule has 6 heteroatoms. The molecule has 0 radical (unpaired) electrons. The lowest BCUT2D eigenvalue weighted by Crippen LogP contribution is -2.28. The number of rotatable bonds is 6. The molecule has 0 bridgehead atoms. The Balaban J connectivity index is 2.61. The zero-order valence-corrected chi connectivity index (χ0v) is 10.1. The van der Waals surface area contributed by atoms with Crippen molar-refractivity contribution in [3.05, 3.63) is 23.9 Å². The molecule has 0 saturated carbocycles. The molecular formula is C11H18N4O2. The number of ether oxygens (including phenoxy) is 1. The predicted molar refractivity (Wildman–Crippen MR) is 65.5 cm³/mol. The van der Waals surface area contributed by atoms with Crippen molar-refractivity contribution >= 4 is 11.7 Å². The van der Waals surface area contributed by atoms with Gasteiger partial charge in [0.15, 0.2) is 0 Å². The van der Waals surface area contributed by atoms with E-state index in [0.29, 0.717) is 24.5 Å². The van der Waals surface area contributed by atoms with Gasteiger partial charge in [-0.3, -0.25) is 4.79 Å². The van der Waals surface area contributed by atoms with Crippen molar-refractivity contribution in [2.45, 2.75) is 6.42 Å². The topological polar surface area (TPSA) is 80.5 Å². The molecule has 1 amide bonds. The number of nitrogens with two attached hydrogens (primary N) is 1. The number of methoxy groups -OCH3 is 1. The number of nitrogens with zero attached hydrogens (tertiary/aromatic N) is 2. The van der Waals surface area contributed by atoms with E-state index in [-0.39, 0.29) is 5.91 Å². The quantitative estimate of drug-likeness (QED) is 0.428. The highest BCUT2D eigenvalue weighted by Gasteiger charge is 2.11. The molecule has 0 spiro atoms. The Morgan fingerprint density at radius 2 is 2.41 bits per heavy atom. The Labute approximate surface area is 101 Å². The number of hydrazine groups is 1. The molecule has 1 aromatic heterocycles. The SMILES string of the molecule is COCCCN(C)C(=O)c1ccnc(NN)c1. The van der Waals surface area contributed by atoms with Gasteiger partial charge in [0.05, 0.1) is 0 Å². The molecule has 1 heterocycles. The summed E-state index contributed by atoms with van der Waals surface area (Å²) in [6.07, 6.45) is 2.36. The summed E-state index contributed by atoms with van der Waals surface area (Å²) in [4.78, 5) is 17.6. The highest BCUT2D eigenvalue weighted by molar-refractivity contribution is 5.94. The van der Waals surface area contributed by atoms with Gasteiger partial charge < -0.3 is 15.1 Å². The zero-order chi connectivity index (χ0) is 12.7. The normalized spacial score (nSPS) is 10.1. The third-order valence-electron chi connectivity index (χ3n) is 2.34. The summed E-state index contributed by atoms with van der Waals surface area (Å²) < 4.78 is 4.94. The lowest BCUT2D eigenvalue weighted by atomic mass is 10.2. The van der Waals surface area contributed by atoms with E-state index in [1.807, 2.05) is 0 Å². The largest absolute Gasteiger partial charge is 0.385 e. The minimum absolute atomic E-state index is 0.0556. The van der Waals surface area contributed by atoms with Gasteiger partial charge >= 0.3 is 0 Å². The number of hydrogen-bond acceptors (Lipinski definition) is 5. The second kappa shape index (κ2) is 6.82. The first-order valence-electron chi connectivity index (χ1n) is 5.36. The van der Waals surface area contributed by atoms with Gasteiger partial charge in [0, 0.05) is 39.1 Å². The smallest absolute Gasteiger partial charge is 0.253 e. The summed E-state index contributed by atoms with van der Waals surface area (Å²) in [6.45, 7) is 1.30. The third-order valence-corrected chi connectivity index (χ3v) is 2.34. The minimum atomic E-state index is -0.0556. The van der Waals surface area contributed by atoms with Gasteiger partial charge in [0.2, 0.25) is 0 Å². The number of hydrogen-bond donors (Lipinski definition) is 2. The molecule has 1 aromatic rings. The number of nitrogen functional groups attached to an aromatic ring is 1. The number of carbonyl (C=O) groups is 1. The van der Waals surface area contributed by atoms with Gasteiger partial charge in [-0.2, -0.15) is 0 Å². The zero-order valence-electron chi connectivity index (χ0n) is 10.1. The molecule has 0 aliphatic heterocycles. The summed E-state index contributed by atoms with van der Waals surface area (Å²) in [6, 6.07) is 3.28. The van der Waals surface area contributed by atoms with Crippen LogP contribution in [0.15, 0.2) is 18.3 Å². The lowest BCUT2D eigenvalue weighted by Gasteiger charge is -2.17. The van der Waals surface area contributed by atoms with E-state index in [0.717, 1.165) is 6.42 Å². The van der Waals surface area contributed by atoms with E-state index in [1.54, 1.807) is 37.4 Å². The van der Waals surface area contributed by atoms with E-state index < -0.39 is 0 Å². The summed E-state index contributed by atoms with van der Waals surface area (Å²) in [7, 11) is 3.40. The summed E-state index contributed by atoms with van der Waals surface area (Å²) in [5, 5.41) is 0. The van der Waals surface area contributed by atoms with E-state index >= 15 is 0 Å². The van der Waals surface area contributed by atoms with Crippen LogP contribution in [0.1, 0.15) is 16.8 Å². The molecule has 0 unspecified atom stereocenters. The van der Waals surface area contributed by atoms with Crippen molar-refractivity contribution in [3.63, 3.8) is 0 Å². The number of anilines is 1. The van der Waals surface area contributed by atoms with Gasteiger partial charge in [0.1, 0.15) is 5.82 Å². The molecule has 1 rings (SSSR count). The summed E-state index contributed by atoms with van der Waals surface area (Å²) in [5.74, 6) is 5.66. The molecule has 0 aliphatic rings. The Kier molecular flexibility index (Phi) is 5.38. The average Bonchev–Trinajstić information content (AvgIpc) is 2.38. The third kappa shape index (κ3) is 4.01. The van der Waals surface area contributed by atoms with Crippen molar-refractivity contribution < 1.29 is 9.53 Å². The number of pyridine rings is 1. The minimum Gasteiger partial charge on any atom is -0.385 e. The molecule has 0 aromatic carbocycles. The van der Waals surface area contributed by atoms with E-state index in [2.05, 4.69) is 10.4 Å².